The molecule has 1 amide bonds. The summed E-state index contributed by atoms with van der Waals surface area (Å²) < 4.78 is 4.88. The quantitative estimate of drug-likeness (QED) is 0.777. The van der Waals surface area contributed by atoms with Crippen molar-refractivity contribution in [3.63, 3.8) is 0 Å². The largest absolute Gasteiger partial charge is 0.383 e. The second-order valence-electron chi connectivity index (χ2n) is 3.69. The van der Waals surface area contributed by atoms with Gasteiger partial charge < -0.3 is 10.1 Å². The molecule has 0 saturated heterocycles. The third kappa shape index (κ3) is 3.61. The van der Waals surface area contributed by atoms with E-state index in [4.69, 9.17) is 4.74 Å². The van der Waals surface area contributed by atoms with Crippen LogP contribution < -0.4 is 5.32 Å². The summed E-state index contributed by atoms with van der Waals surface area (Å²) in [5, 5.41) is 2.83. The van der Waals surface area contributed by atoms with Crippen LogP contribution in [0.1, 0.15) is 33.5 Å². The molecule has 16 heavy (non-hydrogen) atoms. The monoisotopic (exact) mass is 241 g/mol. The minimum atomic E-state index is 0.00695. The first kappa shape index (κ1) is 13.2. The van der Waals surface area contributed by atoms with Crippen molar-refractivity contribution in [2.45, 2.75) is 26.7 Å². The Morgan fingerprint density at radius 2 is 2.31 bits per heavy atom. The Hall–Kier alpha value is -0.870. The fourth-order valence-electron chi connectivity index (χ4n) is 1.50. The zero-order chi connectivity index (χ0) is 12.0. The van der Waals surface area contributed by atoms with Crippen molar-refractivity contribution in [1.82, 2.24) is 5.32 Å². The number of rotatable bonds is 6. The minimum Gasteiger partial charge on any atom is -0.383 e. The van der Waals surface area contributed by atoms with Crippen LogP contribution in [-0.4, -0.2) is 26.2 Å². The number of methoxy groups -OCH3 is 1. The Morgan fingerprint density at radius 3 is 2.94 bits per heavy atom. The van der Waals surface area contributed by atoms with Crippen molar-refractivity contribution in [2.75, 3.05) is 20.3 Å². The first-order chi connectivity index (χ1) is 7.69. The van der Waals surface area contributed by atoms with Crippen LogP contribution in [0.25, 0.3) is 0 Å². The summed E-state index contributed by atoms with van der Waals surface area (Å²) in [5.41, 5.74) is 1.30. The van der Waals surface area contributed by atoms with Crippen LogP contribution in [0.3, 0.4) is 0 Å². The number of thiophene rings is 1. The SMILES string of the molecule is CCCc1cc(C(=O)NCCOC)sc1C. The summed E-state index contributed by atoms with van der Waals surface area (Å²) in [7, 11) is 1.63. The highest BCUT2D eigenvalue weighted by atomic mass is 32.1. The molecule has 0 unspecified atom stereocenters. The maximum atomic E-state index is 11.7. The Balaban J connectivity index is 2.58. The van der Waals surface area contributed by atoms with Crippen molar-refractivity contribution in [3.8, 4) is 0 Å². The standard InChI is InChI=1S/C12H19NO2S/c1-4-5-10-8-11(16-9(10)2)12(14)13-6-7-15-3/h8H,4-7H2,1-3H3,(H,13,14). The highest BCUT2D eigenvalue weighted by molar-refractivity contribution is 7.14. The Morgan fingerprint density at radius 1 is 1.56 bits per heavy atom. The van der Waals surface area contributed by atoms with E-state index in [-0.39, 0.29) is 5.91 Å². The fourth-order valence-corrected chi connectivity index (χ4v) is 2.49. The molecule has 1 aromatic heterocycles. The first-order valence-corrected chi connectivity index (χ1v) is 6.37. The Bertz CT molecular complexity index is 347. The molecule has 0 fully saturated rings. The molecule has 0 spiro atoms. The van der Waals surface area contributed by atoms with Gasteiger partial charge in [0.2, 0.25) is 0 Å². The third-order valence-corrected chi connectivity index (χ3v) is 3.45. The molecule has 0 saturated carbocycles. The zero-order valence-electron chi connectivity index (χ0n) is 10.1. The van der Waals surface area contributed by atoms with Gasteiger partial charge in [-0.3, -0.25) is 4.79 Å². The van der Waals surface area contributed by atoms with Gasteiger partial charge in [-0.2, -0.15) is 0 Å². The number of carbonyl (C=O) groups excluding carboxylic acids is 1. The number of hydrogen-bond donors (Lipinski definition) is 1. The Labute approximate surface area is 101 Å². The van der Waals surface area contributed by atoms with Crippen molar-refractivity contribution in [1.29, 1.82) is 0 Å². The van der Waals surface area contributed by atoms with Crippen LogP contribution in [0.15, 0.2) is 6.07 Å². The molecule has 0 aliphatic carbocycles. The third-order valence-electron chi connectivity index (χ3n) is 2.36. The molecule has 1 rings (SSSR count). The summed E-state index contributed by atoms with van der Waals surface area (Å²) in [6.07, 6.45) is 2.16. The van der Waals surface area contributed by atoms with Crippen LogP contribution >= 0.6 is 11.3 Å². The molecule has 0 aliphatic heterocycles. The van der Waals surface area contributed by atoms with Gasteiger partial charge in [0.25, 0.3) is 5.91 Å². The molecule has 0 radical (unpaired) electrons. The lowest BCUT2D eigenvalue weighted by atomic mass is 10.1. The number of nitrogens with one attached hydrogen (secondary N) is 1. The van der Waals surface area contributed by atoms with Gasteiger partial charge in [-0.15, -0.1) is 11.3 Å². The van der Waals surface area contributed by atoms with Gasteiger partial charge in [-0.05, 0) is 25.0 Å². The number of ether oxygens (including phenoxy) is 1. The van der Waals surface area contributed by atoms with Crippen molar-refractivity contribution in [2.24, 2.45) is 0 Å². The summed E-state index contributed by atoms with van der Waals surface area (Å²) >= 11 is 1.57. The fraction of sp³-hybridized carbons (Fsp3) is 0.583. The van der Waals surface area contributed by atoms with E-state index in [2.05, 4.69) is 19.2 Å². The highest BCUT2D eigenvalue weighted by Crippen LogP contribution is 2.22. The molecule has 1 aromatic rings. The molecule has 1 heterocycles. The van der Waals surface area contributed by atoms with E-state index in [1.54, 1.807) is 18.4 Å². The van der Waals surface area contributed by atoms with E-state index >= 15 is 0 Å². The molecule has 0 atom stereocenters. The minimum absolute atomic E-state index is 0.00695. The lowest BCUT2D eigenvalue weighted by Gasteiger charge is -2.01. The molecule has 0 aromatic carbocycles. The van der Waals surface area contributed by atoms with E-state index in [0.29, 0.717) is 13.2 Å². The summed E-state index contributed by atoms with van der Waals surface area (Å²) in [5.74, 6) is 0.00695. The number of amides is 1. The van der Waals surface area contributed by atoms with Crippen LogP contribution in [0.4, 0.5) is 0 Å². The number of aryl methyl sites for hydroxylation is 2. The van der Waals surface area contributed by atoms with Crippen LogP contribution in [0.5, 0.6) is 0 Å². The van der Waals surface area contributed by atoms with Crippen molar-refractivity contribution >= 4 is 17.2 Å². The van der Waals surface area contributed by atoms with Gasteiger partial charge >= 0.3 is 0 Å². The molecular weight excluding hydrogens is 222 g/mol. The van der Waals surface area contributed by atoms with E-state index in [9.17, 15) is 4.79 Å². The predicted octanol–water partition coefficient (Wildman–Crippen LogP) is 2.39. The first-order valence-electron chi connectivity index (χ1n) is 5.55. The van der Waals surface area contributed by atoms with Gasteiger partial charge in [-0.1, -0.05) is 13.3 Å². The lowest BCUT2D eigenvalue weighted by Crippen LogP contribution is -2.26. The molecule has 0 aliphatic rings. The average Bonchev–Trinajstić information content (AvgIpc) is 2.61. The average molecular weight is 241 g/mol. The maximum Gasteiger partial charge on any atom is 0.261 e. The van der Waals surface area contributed by atoms with E-state index in [1.165, 1.54) is 10.4 Å². The van der Waals surface area contributed by atoms with E-state index in [1.807, 2.05) is 6.07 Å². The smallest absolute Gasteiger partial charge is 0.261 e. The van der Waals surface area contributed by atoms with E-state index in [0.717, 1.165) is 17.7 Å². The van der Waals surface area contributed by atoms with Crippen molar-refractivity contribution in [3.05, 3.63) is 21.4 Å². The second-order valence-corrected chi connectivity index (χ2v) is 4.95. The molecule has 90 valence electrons. The van der Waals surface area contributed by atoms with Gasteiger partial charge in [0.15, 0.2) is 0 Å². The van der Waals surface area contributed by atoms with Gasteiger partial charge in [-0.25, -0.2) is 0 Å². The molecule has 4 heteroatoms. The van der Waals surface area contributed by atoms with Gasteiger partial charge in [0.05, 0.1) is 11.5 Å². The van der Waals surface area contributed by atoms with Crippen molar-refractivity contribution < 1.29 is 9.53 Å². The summed E-state index contributed by atoms with van der Waals surface area (Å²) in [6.45, 7) is 5.34. The summed E-state index contributed by atoms with van der Waals surface area (Å²) in [4.78, 5) is 13.8. The van der Waals surface area contributed by atoms with Crippen LogP contribution in [0.2, 0.25) is 0 Å². The Kier molecular flexibility index (Phi) is 5.49. The second kappa shape index (κ2) is 6.66. The van der Waals surface area contributed by atoms with Crippen LogP contribution in [-0.2, 0) is 11.2 Å². The highest BCUT2D eigenvalue weighted by Gasteiger charge is 2.11. The normalized spacial score (nSPS) is 10.4. The topological polar surface area (TPSA) is 38.3 Å². The predicted molar refractivity (Wildman–Crippen MR) is 67.3 cm³/mol. The lowest BCUT2D eigenvalue weighted by molar-refractivity contribution is 0.0941. The summed E-state index contributed by atoms with van der Waals surface area (Å²) in [6, 6.07) is 2.01. The number of carbonyl (C=O) groups is 1. The molecule has 1 N–H and O–H groups in total. The number of hydrogen-bond acceptors (Lipinski definition) is 3. The van der Waals surface area contributed by atoms with Gasteiger partial charge in [0, 0.05) is 18.5 Å². The molecular formula is C12H19NO2S. The van der Waals surface area contributed by atoms with Gasteiger partial charge in [0.1, 0.15) is 0 Å². The molecule has 0 bridgehead atoms. The van der Waals surface area contributed by atoms with Crippen LogP contribution in [0, 0.1) is 6.92 Å². The molecule has 3 nitrogen and oxygen atoms in total. The maximum absolute atomic E-state index is 11.7. The zero-order valence-corrected chi connectivity index (χ0v) is 10.9. The van der Waals surface area contributed by atoms with E-state index < -0.39 is 0 Å².